The molecule has 10 heteroatoms. The van der Waals surface area contributed by atoms with Crippen LogP contribution in [0.2, 0.25) is 5.02 Å². The largest absolute Gasteiger partial charge is 0.449 e. The van der Waals surface area contributed by atoms with Gasteiger partial charge in [0, 0.05) is 12.1 Å². The number of hydrogen-bond donors (Lipinski definition) is 1. The van der Waals surface area contributed by atoms with Crippen molar-refractivity contribution in [2.75, 3.05) is 5.32 Å². The molecule has 2 rings (SSSR count). The van der Waals surface area contributed by atoms with Crippen LogP contribution < -0.4 is 5.32 Å². The smallest absolute Gasteiger partial charge is 0.417 e. The molecule has 2 aromatic rings. The van der Waals surface area contributed by atoms with E-state index < -0.39 is 34.7 Å². The second-order valence-electron chi connectivity index (χ2n) is 5.46. The number of nitrogens with zero attached hydrogens (tertiary/aromatic N) is 1. The van der Waals surface area contributed by atoms with E-state index in [-0.39, 0.29) is 11.4 Å². The second-order valence-corrected chi connectivity index (χ2v) is 5.87. The van der Waals surface area contributed by atoms with Crippen LogP contribution in [0.1, 0.15) is 23.8 Å². The maximum Gasteiger partial charge on any atom is 0.417 e. The van der Waals surface area contributed by atoms with Gasteiger partial charge in [-0.15, -0.1) is 0 Å². The number of amides is 1. The normalized spacial score (nSPS) is 12.8. The van der Waals surface area contributed by atoms with E-state index in [4.69, 9.17) is 20.9 Å². The highest BCUT2D eigenvalue weighted by molar-refractivity contribution is 6.31. The summed E-state index contributed by atoms with van der Waals surface area (Å²) in [7, 11) is 0. The van der Waals surface area contributed by atoms with E-state index in [0.29, 0.717) is 5.76 Å². The van der Waals surface area contributed by atoms with Gasteiger partial charge in [0.1, 0.15) is 5.76 Å². The van der Waals surface area contributed by atoms with Gasteiger partial charge in [-0.3, -0.25) is 4.79 Å². The number of aromatic nitrogens is 1. The molecule has 0 aliphatic heterocycles. The van der Waals surface area contributed by atoms with Crippen LogP contribution in [0.5, 0.6) is 0 Å². The van der Waals surface area contributed by atoms with Gasteiger partial charge < -0.3 is 14.6 Å². The molecule has 0 fully saturated rings. The lowest BCUT2D eigenvalue weighted by atomic mass is 10.1. The quantitative estimate of drug-likeness (QED) is 0.597. The first kappa shape index (κ1) is 20.5. The van der Waals surface area contributed by atoms with Gasteiger partial charge in [-0.25, -0.2) is 4.79 Å². The van der Waals surface area contributed by atoms with E-state index in [1.165, 1.54) is 19.1 Å². The number of carbonyl (C=O) groups excluding carboxylic acids is 2. The number of rotatable bonds is 5. The lowest BCUT2D eigenvalue weighted by Crippen LogP contribution is -2.29. The topological polar surface area (TPSA) is 81.4 Å². The minimum absolute atomic E-state index is 0.0962. The Morgan fingerprint density at radius 2 is 2.04 bits per heavy atom. The Kier molecular flexibility index (Phi) is 6.27. The van der Waals surface area contributed by atoms with Gasteiger partial charge in [-0.2, -0.15) is 13.2 Å². The molecule has 1 amide bonds. The number of anilines is 1. The number of esters is 1. The summed E-state index contributed by atoms with van der Waals surface area (Å²) in [5.74, 6) is -0.899. The number of halogens is 4. The summed E-state index contributed by atoms with van der Waals surface area (Å²) in [6.45, 7) is 2.97. The van der Waals surface area contributed by atoms with Gasteiger partial charge in [0.25, 0.3) is 5.91 Å². The molecule has 1 heterocycles. The first-order chi connectivity index (χ1) is 12.6. The third-order valence-corrected chi connectivity index (χ3v) is 3.58. The summed E-state index contributed by atoms with van der Waals surface area (Å²) >= 11 is 5.52. The fourth-order valence-corrected chi connectivity index (χ4v) is 2.17. The Morgan fingerprint density at radius 3 is 2.63 bits per heavy atom. The van der Waals surface area contributed by atoms with Crippen molar-refractivity contribution in [3.05, 3.63) is 52.3 Å². The van der Waals surface area contributed by atoms with Crippen LogP contribution in [0.25, 0.3) is 6.08 Å². The van der Waals surface area contributed by atoms with Gasteiger partial charge in [0.2, 0.25) is 0 Å². The lowest BCUT2D eigenvalue weighted by molar-refractivity contribution is -0.148. The molecule has 0 saturated carbocycles. The van der Waals surface area contributed by atoms with Crippen LogP contribution in [-0.2, 0) is 20.5 Å². The highest BCUT2D eigenvalue weighted by Crippen LogP contribution is 2.35. The molecular weight excluding hydrogens is 389 g/mol. The van der Waals surface area contributed by atoms with Gasteiger partial charge in [-0.05, 0) is 37.6 Å². The summed E-state index contributed by atoms with van der Waals surface area (Å²) in [6.07, 6.45) is -3.74. The molecule has 144 valence electrons. The average Bonchev–Trinajstić information content (AvgIpc) is 2.97. The molecule has 1 aromatic carbocycles. The van der Waals surface area contributed by atoms with Crippen LogP contribution in [0.4, 0.5) is 19.0 Å². The second kappa shape index (κ2) is 8.26. The average molecular weight is 403 g/mol. The summed E-state index contributed by atoms with van der Waals surface area (Å²) in [6, 6.07) is 4.66. The summed E-state index contributed by atoms with van der Waals surface area (Å²) in [5, 5.41) is 5.50. The van der Waals surface area contributed by atoms with Gasteiger partial charge in [0.15, 0.2) is 11.9 Å². The highest BCUT2D eigenvalue weighted by atomic mass is 35.5. The lowest BCUT2D eigenvalue weighted by Gasteiger charge is -2.11. The predicted molar refractivity (Wildman–Crippen MR) is 90.9 cm³/mol. The Balaban J connectivity index is 1.97. The molecule has 0 unspecified atom stereocenters. The van der Waals surface area contributed by atoms with Gasteiger partial charge in [0.05, 0.1) is 10.6 Å². The van der Waals surface area contributed by atoms with Crippen molar-refractivity contribution in [3.8, 4) is 0 Å². The van der Waals surface area contributed by atoms with Crippen molar-refractivity contribution in [1.29, 1.82) is 0 Å². The standard InChI is InChI=1S/C17H14ClF3N2O4/c1-9-7-14(23-27-9)22-16(25)10(2)26-15(24)6-4-11-3-5-13(18)12(8-11)17(19,20)21/h3-8,10H,1-2H3,(H,22,23,25)/b6-4+/t10-/m0/s1. The first-order valence-corrected chi connectivity index (χ1v) is 7.93. The van der Waals surface area contributed by atoms with E-state index in [0.717, 1.165) is 24.3 Å². The van der Waals surface area contributed by atoms with E-state index in [1.807, 2.05) is 0 Å². The molecule has 0 saturated heterocycles. The molecule has 0 bridgehead atoms. The van der Waals surface area contributed by atoms with Crippen LogP contribution in [0.3, 0.4) is 0 Å². The van der Waals surface area contributed by atoms with Crippen LogP contribution in [-0.4, -0.2) is 23.1 Å². The molecule has 1 N–H and O–H groups in total. The van der Waals surface area contributed by atoms with Crippen molar-refractivity contribution in [2.45, 2.75) is 26.1 Å². The third kappa shape index (κ3) is 5.85. The number of ether oxygens (including phenoxy) is 1. The Labute approximate surface area is 156 Å². The maximum atomic E-state index is 12.8. The number of benzene rings is 1. The van der Waals surface area contributed by atoms with E-state index in [9.17, 15) is 22.8 Å². The van der Waals surface area contributed by atoms with E-state index in [2.05, 4.69) is 10.5 Å². The van der Waals surface area contributed by atoms with Gasteiger partial charge >= 0.3 is 12.1 Å². The zero-order chi connectivity index (χ0) is 20.2. The third-order valence-electron chi connectivity index (χ3n) is 3.25. The van der Waals surface area contributed by atoms with Crippen LogP contribution in [0.15, 0.2) is 34.9 Å². The van der Waals surface area contributed by atoms with Crippen molar-refractivity contribution in [3.63, 3.8) is 0 Å². The molecular formula is C17H14ClF3N2O4. The van der Waals surface area contributed by atoms with Crippen LogP contribution in [0, 0.1) is 6.92 Å². The van der Waals surface area contributed by atoms with Crippen molar-refractivity contribution >= 4 is 35.4 Å². The first-order valence-electron chi connectivity index (χ1n) is 7.56. The summed E-state index contributed by atoms with van der Waals surface area (Å²) < 4.78 is 48.1. The van der Waals surface area contributed by atoms with Gasteiger partial charge in [-0.1, -0.05) is 22.8 Å². The molecule has 1 atom stereocenters. The fourth-order valence-electron chi connectivity index (χ4n) is 1.95. The van der Waals surface area contributed by atoms with Crippen molar-refractivity contribution < 1.29 is 32.0 Å². The molecule has 27 heavy (non-hydrogen) atoms. The molecule has 1 aromatic heterocycles. The number of alkyl halides is 3. The number of carbonyl (C=O) groups is 2. The molecule has 0 radical (unpaired) electrons. The molecule has 0 aliphatic rings. The Bertz CT molecular complexity index is 877. The summed E-state index contributed by atoms with van der Waals surface area (Å²) in [5.41, 5.74) is -0.922. The highest BCUT2D eigenvalue weighted by Gasteiger charge is 2.33. The maximum absolute atomic E-state index is 12.8. The Morgan fingerprint density at radius 1 is 1.33 bits per heavy atom. The molecule has 0 aliphatic carbocycles. The van der Waals surface area contributed by atoms with Crippen molar-refractivity contribution in [2.24, 2.45) is 0 Å². The molecule has 0 spiro atoms. The van der Waals surface area contributed by atoms with E-state index >= 15 is 0 Å². The minimum Gasteiger partial charge on any atom is -0.449 e. The summed E-state index contributed by atoms with van der Waals surface area (Å²) in [4.78, 5) is 23.7. The fraction of sp³-hybridized carbons (Fsp3) is 0.235. The monoisotopic (exact) mass is 402 g/mol. The zero-order valence-corrected chi connectivity index (χ0v) is 14.9. The number of aryl methyl sites for hydroxylation is 1. The van der Waals surface area contributed by atoms with Crippen molar-refractivity contribution in [1.82, 2.24) is 5.16 Å². The Hall–Kier alpha value is -2.81. The number of hydrogen-bond acceptors (Lipinski definition) is 5. The minimum atomic E-state index is -4.62. The number of nitrogens with one attached hydrogen (secondary N) is 1. The van der Waals surface area contributed by atoms with Crippen LogP contribution >= 0.6 is 11.6 Å². The molecule has 6 nitrogen and oxygen atoms in total. The predicted octanol–water partition coefficient (Wildman–Crippen LogP) is 4.24. The van der Waals surface area contributed by atoms with E-state index in [1.54, 1.807) is 6.92 Å². The zero-order valence-electron chi connectivity index (χ0n) is 14.1. The SMILES string of the molecule is Cc1cc(NC(=O)[C@H](C)OC(=O)/C=C/c2ccc(Cl)c(C(F)(F)F)c2)no1.